The number of benzene rings is 1. The summed E-state index contributed by atoms with van der Waals surface area (Å²) in [6, 6.07) is 5.30. The maximum absolute atomic E-state index is 12.2. The van der Waals surface area contributed by atoms with Crippen LogP contribution in [-0.4, -0.2) is 34.7 Å². The molecule has 1 heterocycles. The monoisotopic (exact) mass is 298 g/mol. The Morgan fingerprint density at radius 1 is 1.40 bits per heavy atom. The van der Waals surface area contributed by atoms with Crippen LogP contribution in [0.3, 0.4) is 0 Å². The van der Waals surface area contributed by atoms with E-state index in [4.69, 9.17) is 4.74 Å². The predicted molar refractivity (Wildman–Crippen MR) is 79.6 cm³/mol. The van der Waals surface area contributed by atoms with Gasteiger partial charge in [0.05, 0.1) is 4.90 Å². The third-order valence-electron chi connectivity index (χ3n) is 3.29. The first-order valence-corrected chi connectivity index (χ1v) is 8.56. The molecule has 1 aliphatic heterocycles. The van der Waals surface area contributed by atoms with Gasteiger partial charge in [0.25, 0.3) is 0 Å². The molecule has 6 heteroatoms. The molecule has 0 saturated heterocycles. The Kier molecular flexibility index (Phi) is 5.39. The molecule has 112 valence electrons. The topological polar surface area (TPSA) is 67.4 Å². The molecule has 0 bridgehead atoms. The molecule has 2 N–H and O–H groups in total. The van der Waals surface area contributed by atoms with Crippen molar-refractivity contribution in [3.63, 3.8) is 0 Å². The first-order valence-electron chi connectivity index (χ1n) is 7.07. The Balaban J connectivity index is 1.98. The minimum absolute atomic E-state index is 0.321. The first kappa shape index (κ1) is 15.3. The third-order valence-corrected chi connectivity index (χ3v) is 4.75. The van der Waals surface area contributed by atoms with Crippen LogP contribution < -0.4 is 10.0 Å². The highest BCUT2D eigenvalue weighted by Gasteiger charge is 2.16. The zero-order chi connectivity index (χ0) is 14.4. The van der Waals surface area contributed by atoms with Gasteiger partial charge >= 0.3 is 0 Å². The zero-order valence-corrected chi connectivity index (χ0v) is 12.6. The van der Waals surface area contributed by atoms with Crippen LogP contribution in [0.25, 0.3) is 0 Å². The number of hydrogen-bond acceptors (Lipinski definition) is 4. The quantitative estimate of drug-likeness (QED) is 0.753. The first-order chi connectivity index (χ1) is 9.63. The lowest BCUT2D eigenvalue weighted by Gasteiger charge is -2.18. The van der Waals surface area contributed by atoms with E-state index in [-0.39, 0.29) is 0 Å². The molecule has 2 rings (SSSR count). The van der Waals surface area contributed by atoms with Crippen molar-refractivity contribution < 1.29 is 13.2 Å². The van der Waals surface area contributed by atoms with Gasteiger partial charge in [0.15, 0.2) is 0 Å². The van der Waals surface area contributed by atoms with Crippen LogP contribution in [-0.2, 0) is 21.2 Å². The van der Waals surface area contributed by atoms with Crippen molar-refractivity contribution in [2.75, 3.05) is 31.6 Å². The van der Waals surface area contributed by atoms with Crippen LogP contribution in [0.2, 0.25) is 0 Å². The number of ether oxygens (including phenoxy) is 1. The molecule has 0 fully saturated rings. The molecule has 0 radical (unpaired) electrons. The fourth-order valence-corrected chi connectivity index (χ4v) is 3.32. The molecule has 1 aliphatic rings. The lowest BCUT2D eigenvalue weighted by Crippen LogP contribution is -2.26. The third kappa shape index (κ3) is 3.94. The van der Waals surface area contributed by atoms with Crippen molar-refractivity contribution >= 4 is 15.7 Å². The van der Waals surface area contributed by atoms with Gasteiger partial charge in [-0.05, 0) is 43.9 Å². The van der Waals surface area contributed by atoms with E-state index in [1.54, 1.807) is 12.1 Å². The summed E-state index contributed by atoms with van der Waals surface area (Å²) in [4.78, 5) is 0.321. The van der Waals surface area contributed by atoms with E-state index in [0.717, 1.165) is 25.1 Å². The zero-order valence-electron chi connectivity index (χ0n) is 11.8. The fourth-order valence-electron chi connectivity index (χ4n) is 2.22. The van der Waals surface area contributed by atoms with Gasteiger partial charge in [-0.15, -0.1) is 0 Å². The Bertz CT molecular complexity index is 543. The maximum atomic E-state index is 12.2. The molecule has 5 nitrogen and oxygen atoms in total. The molecule has 0 spiro atoms. The van der Waals surface area contributed by atoms with Crippen molar-refractivity contribution in [3.8, 4) is 0 Å². The summed E-state index contributed by atoms with van der Waals surface area (Å²) in [6.45, 7) is 4.45. The number of nitrogens with one attached hydrogen (secondary N) is 2. The number of aryl methyl sites for hydroxylation is 1. The van der Waals surface area contributed by atoms with E-state index in [2.05, 4.69) is 10.0 Å². The summed E-state index contributed by atoms with van der Waals surface area (Å²) < 4.78 is 32.1. The molecule has 0 aliphatic carbocycles. The Labute approximate surface area is 120 Å². The van der Waals surface area contributed by atoms with Gasteiger partial charge in [0.1, 0.15) is 0 Å². The normalized spacial score (nSPS) is 14.7. The van der Waals surface area contributed by atoms with Crippen molar-refractivity contribution in [2.45, 2.75) is 31.1 Å². The second-order valence-electron chi connectivity index (χ2n) is 4.80. The highest BCUT2D eigenvalue weighted by molar-refractivity contribution is 7.89. The Morgan fingerprint density at radius 3 is 3.05 bits per heavy atom. The van der Waals surface area contributed by atoms with Crippen LogP contribution in [0.1, 0.15) is 25.3 Å². The summed E-state index contributed by atoms with van der Waals surface area (Å²) in [5, 5.41) is 3.25. The van der Waals surface area contributed by atoms with Gasteiger partial charge in [-0.2, -0.15) is 0 Å². The lowest BCUT2D eigenvalue weighted by atomic mass is 10.0. The molecule has 0 atom stereocenters. The van der Waals surface area contributed by atoms with Gasteiger partial charge in [0.2, 0.25) is 10.0 Å². The minimum Gasteiger partial charge on any atom is -0.385 e. The maximum Gasteiger partial charge on any atom is 0.240 e. The number of fused-ring (bicyclic) bond motifs is 1. The van der Waals surface area contributed by atoms with Crippen LogP contribution in [0, 0.1) is 0 Å². The molecule has 1 aromatic carbocycles. The summed E-state index contributed by atoms with van der Waals surface area (Å²) >= 11 is 0. The van der Waals surface area contributed by atoms with E-state index < -0.39 is 10.0 Å². The second-order valence-corrected chi connectivity index (χ2v) is 6.56. The Morgan fingerprint density at radius 2 is 2.25 bits per heavy atom. The average Bonchev–Trinajstić information content (AvgIpc) is 2.46. The largest absolute Gasteiger partial charge is 0.385 e. The predicted octanol–water partition coefficient (Wildman–Crippen LogP) is 1.75. The average molecular weight is 298 g/mol. The van der Waals surface area contributed by atoms with Crippen molar-refractivity contribution in [1.82, 2.24) is 4.72 Å². The fraction of sp³-hybridized carbons (Fsp3) is 0.571. The number of rotatable bonds is 7. The van der Waals surface area contributed by atoms with E-state index >= 15 is 0 Å². The molecule has 1 aromatic rings. The number of anilines is 1. The molecular weight excluding hydrogens is 276 g/mol. The lowest BCUT2D eigenvalue weighted by molar-refractivity contribution is 0.146. The van der Waals surface area contributed by atoms with Gasteiger partial charge in [-0.3, -0.25) is 0 Å². The van der Waals surface area contributed by atoms with Crippen molar-refractivity contribution in [2.24, 2.45) is 0 Å². The second kappa shape index (κ2) is 7.06. The van der Waals surface area contributed by atoms with E-state index in [0.29, 0.717) is 31.1 Å². The summed E-state index contributed by atoms with van der Waals surface area (Å²) in [5.74, 6) is 0. The van der Waals surface area contributed by atoms with Gasteiger partial charge in [0, 0.05) is 32.0 Å². The standard InChI is InChI=1S/C14H22N2O3S/c1-2-19-10-4-9-16-20(17,18)13-7-6-12-5-3-8-15-14(12)11-13/h6-7,11,15-16H,2-5,8-10H2,1H3. The summed E-state index contributed by atoms with van der Waals surface area (Å²) in [7, 11) is -3.43. The summed E-state index contributed by atoms with van der Waals surface area (Å²) in [6.07, 6.45) is 2.77. The SMILES string of the molecule is CCOCCCNS(=O)(=O)c1ccc2c(c1)NCCC2. The van der Waals surface area contributed by atoms with Crippen LogP contribution in [0.15, 0.2) is 23.1 Å². The Hall–Kier alpha value is -1.11. The molecule has 0 unspecified atom stereocenters. The van der Waals surface area contributed by atoms with Crippen LogP contribution in [0.4, 0.5) is 5.69 Å². The molecule has 0 saturated carbocycles. The summed E-state index contributed by atoms with van der Waals surface area (Å²) in [5.41, 5.74) is 2.12. The molecule has 20 heavy (non-hydrogen) atoms. The molecule has 0 aromatic heterocycles. The highest BCUT2D eigenvalue weighted by atomic mass is 32.2. The van der Waals surface area contributed by atoms with Crippen LogP contribution in [0.5, 0.6) is 0 Å². The van der Waals surface area contributed by atoms with E-state index in [1.165, 1.54) is 5.56 Å². The smallest absolute Gasteiger partial charge is 0.240 e. The number of sulfonamides is 1. The van der Waals surface area contributed by atoms with Crippen LogP contribution >= 0.6 is 0 Å². The minimum atomic E-state index is -3.43. The van der Waals surface area contributed by atoms with Gasteiger partial charge < -0.3 is 10.1 Å². The van der Waals surface area contributed by atoms with Crippen molar-refractivity contribution in [3.05, 3.63) is 23.8 Å². The van der Waals surface area contributed by atoms with Crippen molar-refractivity contribution in [1.29, 1.82) is 0 Å². The van der Waals surface area contributed by atoms with E-state index in [1.807, 2.05) is 13.0 Å². The van der Waals surface area contributed by atoms with Gasteiger partial charge in [-0.25, -0.2) is 13.1 Å². The molecule has 0 amide bonds. The number of hydrogen-bond donors (Lipinski definition) is 2. The molecular formula is C14H22N2O3S. The highest BCUT2D eigenvalue weighted by Crippen LogP contribution is 2.24. The van der Waals surface area contributed by atoms with E-state index in [9.17, 15) is 8.42 Å². The van der Waals surface area contributed by atoms with Gasteiger partial charge in [-0.1, -0.05) is 6.07 Å².